The van der Waals surface area contributed by atoms with E-state index in [4.69, 9.17) is 10.5 Å². The van der Waals surface area contributed by atoms with E-state index in [1.165, 1.54) is 32.1 Å². The Balaban J connectivity index is 2.14. The summed E-state index contributed by atoms with van der Waals surface area (Å²) in [6, 6.07) is 6.32. The van der Waals surface area contributed by atoms with Gasteiger partial charge in [0.25, 0.3) is 0 Å². The minimum atomic E-state index is -0.173. The van der Waals surface area contributed by atoms with Crippen LogP contribution in [0, 0.1) is 11.8 Å². The summed E-state index contributed by atoms with van der Waals surface area (Å²) in [5, 5.41) is 0. The van der Waals surface area contributed by atoms with Crippen molar-refractivity contribution in [1.29, 1.82) is 0 Å². The first kappa shape index (κ1) is 21.6. The topological polar surface area (TPSA) is 55.6 Å². The third-order valence-electron chi connectivity index (χ3n) is 5.61. The number of nitrogens with two attached hydrogens (primary N) is 1. The van der Waals surface area contributed by atoms with Crippen LogP contribution in [0.1, 0.15) is 79.1 Å². The van der Waals surface area contributed by atoms with Crippen LogP contribution in [0.4, 0.5) is 11.4 Å². The van der Waals surface area contributed by atoms with E-state index in [0.717, 1.165) is 31.5 Å². The molecule has 2 N–H and O–H groups in total. The van der Waals surface area contributed by atoms with Crippen molar-refractivity contribution in [2.24, 2.45) is 11.8 Å². The maximum absolute atomic E-state index is 12.2. The fraction of sp³-hybridized carbons (Fsp3) is 0.696. The molecular weight excluding hydrogens is 336 g/mol. The first-order chi connectivity index (χ1) is 12.9. The fourth-order valence-electron chi connectivity index (χ4n) is 3.91. The second-order valence-corrected chi connectivity index (χ2v) is 8.50. The van der Waals surface area contributed by atoms with Crippen LogP contribution in [0.3, 0.4) is 0 Å². The average Bonchev–Trinajstić information content (AvgIpc) is 2.64. The van der Waals surface area contributed by atoms with E-state index >= 15 is 0 Å². The quantitative estimate of drug-likeness (QED) is 0.337. The number of nitrogen functional groups attached to an aromatic ring is 1. The lowest BCUT2D eigenvalue weighted by Gasteiger charge is -2.37. The summed E-state index contributed by atoms with van der Waals surface area (Å²) in [6.45, 7) is 9.55. The SMILES string of the molecule is CCCC(C)C(=O)Oc1ccc(N(CCC(C)C)C2CCCCC2)c(N)c1. The molecule has 0 saturated heterocycles. The molecule has 1 unspecified atom stereocenters. The van der Waals surface area contributed by atoms with Crippen LogP contribution in [-0.4, -0.2) is 18.6 Å². The molecule has 4 heteroatoms. The number of carbonyl (C=O) groups is 1. The van der Waals surface area contributed by atoms with Crippen LogP contribution in [0.15, 0.2) is 18.2 Å². The van der Waals surface area contributed by atoms with Crippen molar-refractivity contribution in [2.45, 2.75) is 85.1 Å². The van der Waals surface area contributed by atoms with Gasteiger partial charge in [0.2, 0.25) is 0 Å². The summed E-state index contributed by atoms with van der Waals surface area (Å²) in [7, 11) is 0. The van der Waals surface area contributed by atoms with E-state index in [0.29, 0.717) is 23.4 Å². The van der Waals surface area contributed by atoms with Gasteiger partial charge >= 0.3 is 5.97 Å². The summed E-state index contributed by atoms with van der Waals surface area (Å²) in [5.41, 5.74) is 8.21. The minimum absolute atomic E-state index is 0.0827. The maximum atomic E-state index is 12.2. The largest absolute Gasteiger partial charge is 0.426 e. The van der Waals surface area contributed by atoms with Gasteiger partial charge in [0.1, 0.15) is 5.75 Å². The molecule has 4 nitrogen and oxygen atoms in total. The summed E-state index contributed by atoms with van der Waals surface area (Å²) in [5.74, 6) is 0.961. The molecule has 152 valence electrons. The number of hydrogen-bond donors (Lipinski definition) is 1. The van der Waals surface area contributed by atoms with Crippen molar-refractivity contribution >= 4 is 17.3 Å². The van der Waals surface area contributed by atoms with Crippen LogP contribution in [-0.2, 0) is 4.79 Å². The number of rotatable bonds is 9. The highest BCUT2D eigenvalue weighted by Gasteiger charge is 2.23. The second kappa shape index (κ2) is 10.6. The lowest BCUT2D eigenvalue weighted by molar-refractivity contribution is -0.138. The molecule has 1 aromatic carbocycles. The predicted octanol–water partition coefficient (Wildman–Crippen LogP) is 5.80. The highest BCUT2D eigenvalue weighted by molar-refractivity contribution is 5.76. The molecule has 27 heavy (non-hydrogen) atoms. The van der Waals surface area contributed by atoms with E-state index in [1.54, 1.807) is 0 Å². The highest BCUT2D eigenvalue weighted by Crippen LogP contribution is 2.34. The summed E-state index contributed by atoms with van der Waals surface area (Å²) < 4.78 is 5.55. The van der Waals surface area contributed by atoms with Gasteiger partial charge in [-0.25, -0.2) is 0 Å². The van der Waals surface area contributed by atoms with E-state index < -0.39 is 0 Å². The standard InChI is InChI=1S/C23H38N2O2/c1-5-9-18(4)23(26)27-20-12-13-22(21(24)16-20)25(15-14-17(2)3)19-10-7-6-8-11-19/h12-13,16-19H,5-11,14-15,24H2,1-4H3. The van der Waals surface area contributed by atoms with Gasteiger partial charge in [-0.2, -0.15) is 0 Å². The zero-order valence-electron chi connectivity index (χ0n) is 17.7. The molecule has 0 aromatic heterocycles. The van der Waals surface area contributed by atoms with Crippen LogP contribution in [0.2, 0.25) is 0 Å². The molecule has 0 heterocycles. The Morgan fingerprint density at radius 1 is 1.19 bits per heavy atom. The predicted molar refractivity (Wildman–Crippen MR) is 114 cm³/mol. The van der Waals surface area contributed by atoms with Gasteiger partial charge in [0.05, 0.1) is 17.3 Å². The van der Waals surface area contributed by atoms with E-state index in [1.807, 2.05) is 25.1 Å². The van der Waals surface area contributed by atoms with E-state index in [9.17, 15) is 4.79 Å². The van der Waals surface area contributed by atoms with Crippen LogP contribution in [0.5, 0.6) is 5.75 Å². The first-order valence-corrected chi connectivity index (χ1v) is 10.8. The normalized spacial score (nSPS) is 16.3. The Labute approximate surface area is 165 Å². The van der Waals surface area contributed by atoms with Crippen molar-refractivity contribution < 1.29 is 9.53 Å². The number of hydrogen-bond acceptors (Lipinski definition) is 4. The second-order valence-electron chi connectivity index (χ2n) is 8.50. The Morgan fingerprint density at radius 2 is 1.89 bits per heavy atom. The van der Waals surface area contributed by atoms with Gasteiger partial charge < -0.3 is 15.4 Å². The number of nitrogens with zero attached hydrogens (tertiary/aromatic N) is 1. The molecule has 1 aliphatic carbocycles. The van der Waals surface area contributed by atoms with Crippen molar-refractivity contribution in [2.75, 3.05) is 17.2 Å². The molecule has 1 aliphatic rings. The Bertz CT molecular complexity index is 594. The lowest BCUT2D eigenvalue weighted by Crippen LogP contribution is -2.38. The van der Waals surface area contributed by atoms with Gasteiger partial charge in [0, 0.05) is 18.7 Å². The summed E-state index contributed by atoms with van der Waals surface area (Å²) >= 11 is 0. The lowest BCUT2D eigenvalue weighted by atomic mass is 9.93. The minimum Gasteiger partial charge on any atom is -0.426 e. The van der Waals surface area contributed by atoms with Crippen molar-refractivity contribution in [3.05, 3.63) is 18.2 Å². The van der Waals surface area contributed by atoms with Crippen molar-refractivity contribution in [3.8, 4) is 5.75 Å². The Kier molecular flexibility index (Phi) is 8.46. The number of anilines is 2. The summed E-state index contributed by atoms with van der Waals surface area (Å²) in [6.07, 6.45) is 9.39. The van der Waals surface area contributed by atoms with Gasteiger partial charge in [-0.3, -0.25) is 4.79 Å². The van der Waals surface area contributed by atoms with Crippen molar-refractivity contribution in [1.82, 2.24) is 0 Å². The smallest absolute Gasteiger partial charge is 0.314 e. The highest BCUT2D eigenvalue weighted by atomic mass is 16.5. The van der Waals surface area contributed by atoms with E-state index in [2.05, 4.69) is 25.7 Å². The molecule has 1 aromatic rings. The molecule has 1 fully saturated rings. The fourth-order valence-corrected chi connectivity index (χ4v) is 3.91. The Morgan fingerprint density at radius 3 is 2.48 bits per heavy atom. The average molecular weight is 375 g/mol. The zero-order valence-corrected chi connectivity index (χ0v) is 17.7. The third kappa shape index (κ3) is 6.44. The van der Waals surface area contributed by atoms with E-state index in [-0.39, 0.29) is 11.9 Å². The molecule has 0 spiro atoms. The molecule has 2 rings (SSSR count). The van der Waals surface area contributed by atoms with Crippen molar-refractivity contribution in [3.63, 3.8) is 0 Å². The molecular formula is C23H38N2O2. The monoisotopic (exact) mass is 374 g/mol. The third-order valence-corrected chi connectivity index (χ3v) is 5.61. The molecule has 0 bridgehead atoms. The van der Waals surface area contributed by atoms with Gasteiger partial charge in [-0.05, 0) is 43.7 Å². The molecule has 0 radical (unpaired) electrons. The van der Waals surface area contributed by atoms with Crippen LogP contribution < -0.4 is 15.4 Å². The molecule has 0 aliphatic heterocycles. The zero-order chi connectivity index (χ0) is 19.8. The molecule has 0 amide bonds. The molecule has 1 saturated carbocycles. The van der Waals surface area contributed by atoms with Gasteiger partial charge in [0.15, 0.2) is 0 Å². The number of ether oxygens (including phenoxy) is 1. The first-order valence-electron chi connectivity index (χ1n) is 10.8. The number of benzene rings is 1. The van der Waals surface area contributed by atoms with Crippen LogP contribution in [0.25, 0.3) is 0 Å². The maximum Gasteiger partial charge on any atom is 0.314 e. The molecule has 1 atom stereocenters. The number of esters is 1. The van der Waals surface area contributed by atoms with Gasteiger partial charge in [-0.15, -0.1) is 0 Å². The van der Waals surface area contributed by atoms with Gasteiger partial charge in [-0.1, -0.05) is 53.4 Å². The van der Waals surface area contributed by atoms with Crippen LogP contribution >= 0.6 is 0 Å². The number of carbonyl (C=O) groups excluding carboxylic acids is 1. The summed E-state index contributed by atoms with van der Waals surface area (Å²) in [4.78, 5) is 14.7. The Hall–Kier alpha value is -1.71.